The van der Waals surface area contributed by atoms with E-state index in [1.54, 1.807) is 0 Å². The molecule has 72 valence electrons. The highest BCUT2D eigenvalue weighted by Crippen LogP contribution is 1.94. The largest absolute Gasteiger partial charge is 0.317 e. The molecule has 0 rings (SSSR count). The highest BCUT2D eigenvalue weighted by Gasteiger charge is 1.84. The molecule has 0 bridgehead atoms. The number of hydrogen-bond donors (Lipinski definition) is 2. The van der Waals surface area contributed by atoms with E-state index >= 15 is 0 Å². The SMILES string of the molecule is CCNCCCCCS.Cl.Cl. The minimum atomic E-state index is 0. The Bertz CT molecular complexity index is 49.7. The van der Waals surface area contributed by atoms with Crippen molar-refractivity contribution in [2.24, 2.45) is 0 Å². The van der Waals surface area contributed by atoms with E-state index in [-0.39, 0.29) is 24.8 Å². The van der Waals surface area contributed by atoms with Crippen molar-refractivity contribution in [3.05, 3.63) is 0 Å². The molecular formula is C7H19Cl2NS. The zero-order chi connectivity index (χ0) is 6.95. The van der Waals surface area contributed by atoms with Gasteiger partial charge in [0.1, 0.15) is 0 Å². The Hall–Kier alpha value is 0.890. The van der Waals surface area contributed by atoms with Gasteiger partial charge in [0.2, 0.25) is 0 Å². The molecule has 0 atom stereocenters. The van der Waals surface area contributed by atoms with Crippen molar-refractivity contribution in [1.29, 1.82) is 0 Å². The average molecular weight is 220 g/mol. The van der Waals surface area contributed by atoms with Crippen molar-refractivity contribution in [3.63, 3.8) is 0 Å². The summed E-state index contributed by atoms with van der Waals surface area (Å²) in [6.07, 6.45) is 3.87. The molecule has 0 fully saturated rings. The summed E-state index contributed by atoms with van der Waals surface area (Å²) in [5.41, 5.74) is 0. The molecule has 0 saturated heterocycles. The lowest BCUT2D eigenvalue weighted by Crippen LogP contribution is -2.13. The Labute approximate surface area is 87.9 Å². The van der Waals surface area contributed by atoms with E-state index < -0.39 is 0 Å². The van der Waals surface area contributed by atoms with Gasteiger partial charge in [0.25, 0.3) is 0 Å². The molecule has 1 nitrogen and oxygen atoms in total. The van der Waals surface area contributed by atoms with E-state index in [0.717, 1.165) is 12.3 Å². The van der Waals surface area contributed by atoms with Gasteiger partial charge in [0, 0.05) is 0 Å². The highest BCUT2D eigenvalue weighted by molar-refractivity contribution is 7.80. The van der Waals surface area contributed by atoms with Crippen LogP contribution in [0.4, 0.5) is 0 Å². The lowest BCUT2D eigenvalue weighted by Gasteiger charge is -1.98. The van der Waals surface area contributed by atoms with Crippen LogP contribution >= 0.6 is 37.4 Å². The molecule has 11 heavy (non-hydrogen) atoms. The van der Waals surface area contributed by atoms with Gasteiger partial charge in [-0.1, -0.05) is 13.3 Å². The summed E-state index contributed by atoms with van der Waals surface area (Å²) in [5.74, 6) is 1.03. The maximum absolute atomic E-state index is 4.13. The van der Waals surface area contributed by atoms with Gasteiger partial charge in [-0.2, -0.15) is 12.6 Å². The van der Waals surface area contributed by atoms with Gasteiger partial charge in [-0.15, -0.1) is 24.8 Å². The maximum atomic E-state index is 4.13. The first-order chi connectivity index (χ1) is 4.41. The van der Waals surface area contributed by atoms with Gasteiger partial charge in [0.15, 0.2) is 0 Å². The summed E-state index contributed by atoms with van der Waals surface area (Å²) < 4.78 is 0. The zero-order valence-corrected chi connectivity index (χ0v) is 9.53. The summed E-state index contributed by atoms with van der Waals surface area (Å²) in [6, 6.07) is 0. The van der Waals surface area contributed by atoms with Crippen LogP contribution in [0.15, 0.2) is 0 Å². The van der Waals surface area contributed by atoms with Crippen LogP contribution in [0.25, 0.3) is 0 Å². The fraction of sp³-hybridized carbons (Fsp3) is 1.00. The van der Waals surface area contributed by atoms with Crippen molar-refractivity contribution >= 4 is 37.4 Å². The molecule has 0 aliphatic rings. The molecule has 0 aromatic heterocycles. The van der Waals surface area contributed by atoms with Crippen LogP contribution in [0.5, 0.6) is 0 Å². The zero-order valence-electron chi connectivity index (χ0n) is 7.01. The molecule has 0 radical (unpaired) electrons. The number of nitrogens with one attached hydrogen (secondary N) is 1. The average Bonchev–Trinajstić information content (AvgIpc) is 1.89. The van der Waals surface area contributed by atoms with Crippen LogP contribution in [0.3, 0.4) is 0 Å². The third-order valence-corrected chi connectivity index (χ3v) is 1.58. The highest BCUT2D eigenvalue weighted by atomic mass is 35.5. The van der Waals surface area contributed by atoms with Crippen LogP contribution in [0, 0.1) is 0 Å². The van der Waals surface area contributed by atoms with Crippen molar-refractivity contribution in [2.45, 2.75) is 26.2 Å². The molecule has 0 spiro atoms. The molecule has 0 aromatic carbocycles. The Balaban J connectivity index is -0.000000320. The van der Waals surface area contributed by atoms with E-state index in [1.165, 1.54) is 25.8 Å². The number of hydrogen-bond acceptors (Lipinski definition) is 2. The number of halogens is 2. The van der Waals surface area contributed by atoms with Gasteiger partial charge < -0.3 is 5.32 Å². The number of thiol groups is 1. The standard InChI is InChI=1S/C7H17NS.2ClH/c1-2-8-6-4-3-5-7-9;;/h8-9H,2-7H2,1H3;2*1H. The lowest BCUT2D eigenvalue weighted by atomic mass is 10.2. The second-order valence-corrected chi connectivity index (χ2v) is 2.59. The first kappa shape index (κ1) is 17.8. The van der Waals surface area contributed by atoms with Crippen LogP contribution in [0.2, 0.25) is 0 Å². The number of rotatable bonds is 6. The quantitative estimate of drug-likeness (QED) is 0.517. The fourth-order valence-corrected chi connectivity index (χ4v) is 0.939. The maximum Gasteiger partial charge on any atom is -0.00490 e. The molecule has 4 heteroatoms. The van der Waals surface area contributed by atoms with E-state index in [0.29, 0.717) is 0 Å². The monoisotopic (exact) mass is 219 g/mol. The van der Waals surface area contributed by atoms with E-state index in [1.807, 2.05) is 0 Å². The molecule has 0 heterocycles. The normalized spacial score (nSPS) is 8.18. The van der Waals surface area contributed by atoms with Gasteiger partial charge in [-0.05, 0) is 31.7 Å². The number of unbranched alkanes of at least 4 members (excludes halogenated alkanes) is 2. The summed E-state index contributed by atoms with van der Waals surface area (Å²) in [5, 5.41) is 3.28. The summed E-state index contributed by atoms with van der Waals surface area (Å²) in [7, 11) is 0. The predicted octanol–water partition coefficient (Wildman–Crippen LogP) is 2.54. The molecule has 0 amide bonds. The molecule has 0 unspecified atom stereocenters. The van der Waals surface area contributed by atoms with E-state index in [9.17, 15) is 0 Å². The molecule has 0 aliphatic heterocycles. The first-order valence-electron chi connectivity index (χ1n) is 3.73. The predicted molar refractivity (Wildman–Crippen MR) is 60.7 cm³/mol. The molecular weight excluding hydrogens is 201 g/mol. The van der Waals surface area contributed by atoms with E-state index in [4.69, 9.17) is 0 Å². The summed E-state index contributed by atoms with van der Waals surface area (Å²) in [6.45, 7) is 4.41. The third-order valence-electron chi connectivity index (χ3n) is 1.26. The van der Waals surface area contributed by atoms with Gasteiger partial charge in [-0.25, -0.2) is 0 Å². The second kappa shape index (κ2) is 17.1. The van der Waals surface area contributed by atoms with Gasteiger partial charge in [-0.3, -0.25) is 0 Å². The Morgan fingerprint density at radius 1 is 1.09 bits per heavy atom. The summed E-state index contributed by atoms with van der Waals surface area (Å²) in [4.78, 5) is 0. The minimum Gasteiger partial charge on any atom is -0.317 e. The molecule has 0 aliphatic carbocycles. The van der Waals surface area contributed by atoms with Gasteiger partial charge in [0.05, 0.1) is 0 Å². The summed E-state index contributed by atoms with van der Waals surface area (Å²) >= 11 is 4.13. The minimum absolute atomic E-state index is 0. The Kier molecular flexibility index (Phi) is 27.8. The van der Waals surface area contributed by atoms with Crippen LogP contribution in [-0.4, -0.2) is 18.8 Å². The molecule has 1 N–H and O–H groups in total. The van der Waals surface area contributed by atoms with Crippen molar-refractivity contribution in [1.82, 2.24) is 5.32 Å². The fourth-order valence-electron chi connectivity index (χ4n) is 0.715. The Morgan fingerprint density at radius 2 is 1.73 bits per heavy atom. The van der Waals surface area contributed by atoms with Crippen molar-refractivity contribution < 1.29 is 0 Å². The van der Waals surface area contributed by atoms with Gasteiger partial charge >= 0.3 is 0 Å². The van der Waals surface area contributed by atoms with E-state index in [2.05, 4.69) is 24.9 Å². The van der Waals surface area contributed by atoms with Crippen LogP contribution in [-0.2, 0) is 0 Å². The smallest absolute Gasteiger partial charge is 0.00490 e. The van der Waals surface area contributed by atoms with Crippen LogP contribution in [0.1, 0.15) is 26.2 Å². The lowest BCUT2D eigenvalue weighted by molar-refractivity contribution is 0.636. The Morgan fingerprint density at radius 3 is 2.18 bits per heavy atom. The molecule has 0 saturated carbocycles. The topological polar surface area (TPSA) is 12.0 Å². The van der Waals surface area contributed by atoms with Crippen molar-refractivity contribution in [3.8, 4) is 0 Å². The molecule has 0 aromatic rings. The third kappa shape index (κ3) is 18.1. The van der Waals surface area contributed by atoms with Crippen molar-refractivity contribution in [2.75, 3.05) is 18.8 Å². The first-order valence-corrected chi connectivity index (χ1v) is 4.36. The second-order valence-electron chi connectivity index (χ2n) is 2.14. The van der Waals surface area contributed by atoms with Crippen LogP contribution < -0.4 is 5.32 Å².